The molecule has 23 heavy (non-hydrogen) atoms. The zero-order valence-electron chi connectivity index (χ0n) is 12.6. The number of aliphatic hydroxyl groups excluding tert-OH is 1. The number of hydrogen-bond acceptors (Lipinski definition) is 6. The van der Waals surface area contributed by atoms with Crippen molar-refractivity contribution in [3.8, 4) is 11.3 Å². The molecule has 0 spiro atoms. The maximum Gasteiger partial charge on any atom is 0.220 e. The second-order valence-electron chi connectivity index (χ2n) is 5.84. The SMILES string of the molecule is Nc1nccc(-c2c[nH]c3nccc(N4CC[C@@H](CO)C4)c23)n1. The van der Waals surface area contributed by atoms with Gasteiger partial charge in [0.2, 0.25) is 5.95 Å². The van der Waals surface area contributed by atoms with Crippen LogP contribution < -0.4 is 10.6 Å². The van der Waals surface area contributed by atoms with Gasteiger partial charge in [0, 0.05) is 55.5 Å². The molecule has 7 heteroatoms. The third-order valence-electron chi connectivity index (χ3n) is 4.39. The van der Waals surface area contributed by atoms with Crippen LogP contribution in [0.5, 0.6) is 0 Å². The van der Waals surface area contributed by atoms with E-state index in [-0.39, 0.29) is 12.6 Å². The van der Waals surface area contributed by atoms with Crippen molar-refractivity contribution >= 4 is 22.7 Å². The molecular formula is C16H18N6O. The maximum absolute atomic E-state index is 9.39. The monoisotopic (exact) mass is 310 g/mol. The van der Waals surface area contributed by atoms with Gasteiger partial charge in [0.25, 0.3) is 0 Å². The molecule has 0 amide bonds. The molecule has 1 saturated heterocycles. The van der Waals surface area contributed by atoms with E-state index in [0.29, 0.717) is 5.92 Å². The number of nitrogens with one attached hydrogen (secondary N) is 1. The Bertz CT molecular complexity index is 845. The highest BCUT2D eigenvalue weighted by atomic mass is 16.3. The van der Waals surface area contributed by atoms with Crippen LogP contribution in [0.2, 0.25) is 0 Å². The fourth-order valence-electron chi connectivity index (χ4n) is 3.23. The van der Waals surface area contributed by atoms with Gasteiger partial charge in [-0.05, 0) is 18.6 Å². The van der Waals surface area contributed by atoms with E-state index in [1.54, 1.807) is 12.4 Å². The average Bonchev–Trinajstić information content (AvgIpc) is 3.21. The van der Waals surface area contributed by atoms with Crippen LogP contribution in [0.3, 0.4) is 0 Å². The fraction of sp³-hybridized carbons (Fsp3) is 0.312. The topological polar surface area (TPSA) is 104 Å². The number of aliphatic hydroxyl groups is 1. The maximum atomic E-state index is 9.39. The summed E-state index contributed by atoms with van der Waals surface area (Å²) in [7, 11) is 0. The van der Waals surface area contributed by atoms with Gasteiger partial charge >= 0.3 is 0 Å². The molecule has 1 aliphatic heterocycles. The van der Waals surface area contributed by atoms with Gasteiger partial charge in [0.15, 0.2) is 0 Å². The van der Waals surface area contributed by atoms with E-state index in [4.69, 9.17) is 5.73 Å². The first-order valence-electron chi connectivity index (χ1n) is 7.67. The Balaban J connectivity index is 1.84. The predicted molar refractivity (Wildman–Crippen MR) is 88.9 cm³/mol. The number of nitrogens with zero attached hydrogens (tertiary/aromatic N) is 4. The second kappa shape index (κ2) is 5.51. The Labute approximate surface area is 133 Å². The van der Waals surface area contributed by atoms with Crippen molar-refractivity contribution in [3.63, 3.8) is 0 Å². The summed E-state index contributed by atoms with van der Waals surface area (Å²) in [5, 5.41) is 10.4. The van der Waals surface area contributed by atoms with Crippen molar-refractivity contribution in [2.45, 2.75) is 6.42 Å². The molecule has 0 radical (unpaired) electrons. The molecule has 4 rings (SSSR count). The van der Waals surface area contributed by atoms with Gasteiger partial charge in [-0.1, -0.05) is 0 Å². The van der Waals surface area contributed by atoms with Gasteiger partial charge in [-0.3, -0.25) is 0 Å². The molecule has 0 saturated carbocycles. The number of H-pyrrole nitrogens is 1. The third-order valence-corrected chi connectivity index (χ3v) is 4.39. The molecule has 1 atom stereocenters. The van der Waals surface area contributed by atoms with Gasteiger partial charge in [-0.15, -0.1) is 0 Å². The fourth-order valence-corrected chi connectivity index (χ4v) is 3.23. The number of aromatic amines is 1. The number of nitrogens with two attached hydrogens (primary N) is 1. The average molecular weight is 310 g/mol. The molecule has 3 aromatic heterocycles. The minimum atomic E-state index is 0.229. The summed E-state index contributed by atoms with van der Waals surface area (Å²) in [5.74, 6) is 0.583. The van der Waals surface area contributed by atoms with E-state index in [9.17, 15) is 5.11 Å². The van der Waals surface area contributed by atoms with Crippen LogP contribution in [-0.4, -0.2) is 44.7 Å². The highest BCUT2D eigenvalue weighted by Gasteiger charge is 2.25. The Hall–Kier alpha value is -2.67. The third kappa shape index (κ3) is 2.39. The van der Waals surface area contributed by atoms with Crippen molar-refractivity contribution < 1.29 is 5.11 Å². The number of pyridine rings is 1. The standard InChI is InChI=1S/C16H18N6O/c17-16-19-4-1-12(21-16)11-7-20-15-14(11)13(2-5-18-15)22-6-3-10(8-22)9-23/h1-2,4-5,7,10,23H,3,6,8-9H2,(H,18,20)(H2,17,19,21)/t10-/m1/s1. The lowest BCUT2D eigenvalue weighted by atomic mass is 10.1. The van der Waals surface area contributed by atoms with E-state index >= 15 is 0 Å². The predicted octanol–water partition coefficient (Wildman–Crippen LogP) is 1.42. The van der Waals surface area contributed by atoms with E-state index in [0.717, 1.165) is 47.5 Å². The summed E-state index contributed by atoms with van der Waals surface area (Å²) in [6, 6.07) is 3.86. The molecule has 1 aliphatic rings. The smallest absolute Gasteiger partial charge is 0.220 e. The van der Waals surface area contributed by atoms with Crippen LogP contribution in [0.1, 0.15) is 6.42 Å². The minimum Gasteiger partial charge on any atom is -0.396 e. The van der Waals surface area contributed by atoms with Gasteiger partial charge in [-0.2, -0.15) is 0 Å². The number of aromatic nitrogens is 4. The molecule has 7 nitrogen and oxygen atoms in total. The molecule has 0 bridgehead atoms. The Morgan fingerprint density at radius 1 is 1.30 bits per heavy atom. The number of rotatable bonds is 3. The molecular weight excluding hydrogens is 292 g/mol. The quantitative estimate of drug-likeness (QED) is 0.676. The van der Waals surface area contributed by atoms with E-state index < -0.39 is 0 Å². The van der Waals surface area contributed by atoms with Crippen molar-refractivity contribution in [2.75, 3.05) is 30.3 Å². The largest absolute Gasteiger partial charge is 0.396 e. The summed E-state index contributed by atoms with van der Waals surface area (Å²) in [6.45, 7) is 2.01. The van der Waals surface area contributed by atoms with Crippen LogP contribution in [-0.2, 0) is 0 Å². The Morgan fingerprint density at radius 2 is 2.17 bits per heavy atom. The van der Waals surface area contributed by atoms with Gasteiger partial charge in [0.05, 0.1) is 11.1 Å². The zero-order chi connectivity index (χ0) is 15.8. The van der Waals surface area contributed by atoms with Gasteiger partial charge in [-0.25, -0.2) is 15.0 Å². The molecule has 0 aromatic carbocycles. The lowest BCUT2D eigenvalue weighted by Crippen LogP contribution is -2.20. The lowest BCUT2D eigenvalue weighted by Gasteiger charge is -2.20. The van der Waals surface area contributed by atoms with Crippen molar-refractivity contribution in [3.05, 3.63) is 30.7 Å². The van der Waals surface area contributed by atoms with Crippen LogP contribution in [0, 0.1) is 5.92 Å². The molecule has 1 fully saturated rings. The summed E-state index contributed by atoms with van der Waals surface area (Å²) in [5.41, 5.74) is 9.39. The Morgan fingerprint density at radius 3 is 2.96 bits per heavy atom. The van der Waals surface area contributed by atoms with E-state index in [1.807, 2.05) is 18.3 Å². The van der Waals surface area contributed by atoms with Crippen molar-refractivity contribution in [2.24, 2.45) is 5.92 Å². The summed E-state index contributed by atoms with van der Waals surface area (Å²) < 4.78 is 0. The zero-order valence-corrected chi connectivity index (χ0v) is 12.6. The number of anilines is 2. The first-order valence-corrected chi connectivity index (χ1v) is 7.67. The van der Waals surface area contributed by atoms with Crippen molar-refractivity contribution in [1.82, 2.24) is 19.9 Å². The normalized spacial score (nSPS) is 18.0. The number of nitrogen functional groups attached to an aromatic ring is 1. The van der Waals surface area contributed by atoms with Crippen LogP contribution in [0.4, 0.5) is 11.6 Å². The summed E-state index contributed by atoms with van der Waals surface area (Å²) >= 11 is 0. The van der Waals surface area contributed by atoms with Crippen LogP contribution in [0.25, 0.3) is 22.3 Å². The molecule has 118 valence electrons. The molecule has 0 unspecified atom stereocenters. The summed E-state index contributed by atoms with van der Waals surface area (Å²) in [4.78, 5) is 18.2. The first-order chi connectivity index (χ1) is 11.3. The molecule has 0 aliphatic carbocycles. The highest BCUT2D eigenvalue weighted by Crippen LogP contribution is 2.36. The minimum absolute atomic E-state index is 0.229. The van der Waals surface area contributed by atoms with Crippen LogP contribution in [0.15, 0.2) is 30.7 Å². The number of fused-ring (bicyclic) bond motifs is 1. The van der Waals surface area contributed by atoms with Crippen LogP contribution >= 0.6 is 0 Å². The Kier molecular flexibility index (Phi) is 3.34. The lowest BCUT2D eigenvalue weighted by molar-refractivity contribution is 0.238. The number of hydrogen-bond donors (Lipinski definition) is 3. The summed E-state index contributed by atoms with van der Waals surface area (Å²) in [6.07, 6.45) is 6.37. The van der Waals surface area contributed by atoms with Crippen molar-refractivity contribution in [1.29, 1.82) is 0 Å². The van der Waals surface area contributed by atoms with E-state index in [2.05, 4.69) is 24.8 Å². The molecule has 3 aromatic rings. The second-order valence-corrected chi connectivity index (χ2v) is 5.84. The molecule has 4 N–H and O–H groups in total. The van der Waals surface area contributed by atoms with Gasteiger partial charge < -0.3 is 20.7 Å². The highest BCUT2D eigenvalue weighted by molar-refractivity contribution is 6.02. The van der Waals surface area contributed by atoms with Gasteiger partial charge in [0.1, 0.15) is 5.65 Å². The first kappa shape index (κ1) is 14.0. The molecule has 4 heterocycles. The van der Waals surface area contributed by atoms with E-state index in [1.165, 1.54) is 0 Å².